The molecule has 226 valence electrons. The van der Waals surface area contributed by atoms with Crippen molar-refractivity contribution >= 4 is 40.9 Å². The van der Waals surface area contributed by atoms with Crippen molar-refractivity contribution in [3.8, 4) is 0 Å². The van der Waals surface area contributed by atoms with Crippen LogP contribution in [-0.2, 0) is 22.7 Å². The third-order valence-corrected chi connectivity index (χ3v) is 8.31. The maximum absolute atomic E-state index is 15.2. The number of nitrogens with zero attached hydrogens (tertiary/aromatic N) is 4. The standard InChI is InChI=1S/C32H31FN6O5/c1-19(40)21-7-9-27(35-16-21)38-13-11-37(12-14-38)18-20-5-6-22(24(33)15-20)17-34-25-4-2-3-23-29(25)32(44)39(31(23)43)26-8-10-28(41)36-30(26)42/h2-7,9,15-16,26,34H,8,10-14,17-18H2,1H3,(H,36,41,42)/t26-/m0/s1. The lowest BCUT2D eigenvalue weighted by atomic mass is 10.0. The Labute approximate surface area is 253 Å². The van der Waals surface area contributed by atoms with Gasteiger partial charge in [-0.2, -0.15) is 0 Å². The lowest BCUT2D eigenvalue weighted by Gasteiger charge is -2.35. The van der Waals surface area contributed by atoms with Gasteiger partial charge in [0.2, 0.25) is 11.8 Å². The van der Waals surface area contributed by atoms with Crippen LogP contribution >= 0.6 is 0 Å². The summed E-state index contributed by atoms with van der Waals surface area (Å²) in [5.74, 6) is -1.90. The second-order valence-corrected chi connectivity index (χ2v) is 11.2. The highest BCUT2D eigenvalue weighted by Gasteiger charge is 2.45. The van der Waals surface area contributed by atoms with Crippen LogP contribution in [0.5, 0.6) is 0 Å². The quantitative estimate of drug-likeness (QED) is 0.297. The van der Waals surface area contributed by atoms with E-state index in [0.717, 1.165) is 42.5 Å². The number of piperazine rings is 1. The van der Waals surface area contributed by atoms with Gasteiger partial charge in [-0.05, 0) is 49.2 Å². The van der Waals surface area contributed by atoms with Crippen LogP contribution in [0, 0.1) is 5.82 Å². The van der Waals surface area contributed by atoms with E-state index in [2.05, 4.69) is 25.4 Å². The fourth-order valence-corrected chi connectivity index (χ4v) is 5.86. The molecule has 0 radical (unpaired) electrons. The van der Waals surface area contributed by atoms with Crippen LogP contribution < -0.4 is 15.5 Å². The minimum Gasteiger partial charge on any atom is -0.380 e. The number of Topliss-reactive ketones (excluding diaryl/α,β-unsaturated/α-hetero) is 1. The van der Waals surface area contributed by atoms with Gasteiger partial charge in [-0.1, -0.05) is 18.2 Å². The Morgan fingerprint density at radius 3 is 2.50 bits per heavy atom. The van der Waals surface area contributed by atoms with Gasteiger partial charge in [0, 0.05) is 68.7 Å². The first kappa shape index (κ1) is 29.1. The van der Waals surface area contributed by atoms with Gasteiger partial charge in [-0.3, -0.25) is 39.1 Å². The molecule has 2 aromatic carbocycles. The summed E-state index contributed by atoms with van der Waals surface area (Å²) in [6, 6.07) is 12.5. The first-order valence-electron chi connectivity index (χ1n) is 14.5. The Hall–Kier alpha value is -4.97. The lowest BCUT2D eigenvalue weighted by Crippen LogP contribution is -2.54. The lowest BCUT2D eigenvalue weighted by molar-refractivity contribution is -0.136. The summed E-state index contributed by atoms with van der Waals surface area (Å²) in [6.45, 7) is 5.28. The Bertz CT molecular complexity index is 1670. The highest BCUT2D eigenvalue weighted by Crippen LogP contribution is 2.32. The molecule has 2 saturated heterocycles. The highest BCUT2D eigenvalue weighted by molar-refractivity contribution is 6.25. The number of halogens is 1. The van der Waals surface area contributed by atoms with Gasteiger partial charge in [0.15, 0.2) is 5.78 Å². The van der Waals surface area contributed by atoms with E-state index in [4.69, 9.17) is 0 Å². The number of aromatic nitrogens is 1. The third-order valence-electron chi connectivity index (χ3n) is 8.31. The zero-order chi connectivity index (χ0) is 31.0. The van der Waals surface area contributed by atoms with E-state index in [0.29, 0.717) is 23.4 Å². The van der Waals surface area contributed by atoms with Gasteiger partial charge in [-0.25, -0.2) is 9.37 Å². The zero-order valence-electron chi connectivity index (χ0n) is 24.1. The van der Waals surface area contributed by atoms with Crippen molar-refractivity contribution in [2.45, 2.75) is 38.9 Å². The van der Waals surface area contributed by atoms with Crippen molar-refractivity contribution in [1.82, 2.24) is 20.1 Å². The first-order valence-corrected chi connectivity index (χ1v) is 14.5. The molecule has 0 spiro atoms. The van der Waals surface area contributed by atoms with Crippen LogP contribution in [0.4, 0.5) is 15.9 Å². The molecule has 0 bridgehead atoms. The minimum absolute atomic E-state index is 0.0172. The SMILES string of the molecule is CC(=O)c1ccc(N2CCN(Cc3ccc(CNc4cccc5c4C(=O)N([C@H]4CCC(=O)NC4=O)C5=O)c(F)c3)CC2)nc1. The van der Waals surface area contributed by atoms with E-state index < -0.39 is 29.7 Å². The predicted octanol–water partition coefficient (Wildman–Crippen LogP) is 2.76. The van der Waals surface area contributed by atoms with Crippen molar-refractivity contribution in [2.75, 3.05) is 36.4 Å². The number of carbonyl (C=O) groups is 5. The minimum atomic E-state index is -1.06. The summed E-state index contributed by atoms with van der Waals surface area (Å²) in [6.07, 6.45) is 1.71. The van der Waals surface area contributed by atoms with Crippen molar-refractivity contribution < 1.29 is 28.4 Å². The van der Waals surface area contributed by atoms with E-state index in [-0.39, 0.29) is 42.1 Å². The number of amides is 4. The smallest absolute Gasteiger partial charge is 0.264 e. The molecule has 1 aromatic heterocycles. The van der Waals surface area contributed by atoms with Crippen LogP contribution in [0.3, 0.4) is 0 Å². The normalized spacial score (nSPS) is 18.8. The second kappa shape index (κ2) is 12.0. The van der Waals surface area contributed by atoms with Crippen molar-refractivity contribution in [2.24, 2.45) is 0 Å². The van der Waals surface area contributed by atoms with Gasteiger partial charge < -0.3 is 10.2 Å². The molecule has 12 heteroatoms. The number of fused-ring (bicyclic) bond motifs is 1. The fourth-order valence-electron chi connectivity index (χ4n) is 5.86. The summed E-state index contributed by atoms with van der Waals surface area (Å²) >= 11 is 0. The molecule has 0 unspecified atom stereocenters. The molecular formula is C32H31FN6O5. The summed E-state index contributed by atoms with van der Waals surface area (Å²) in [5, 5.41) is 5.28. The molecule has 2 N–H and O–H groups in total. The third kappa shape index (κ3) is 5.68. The molecule has 44 heavy (non-hydrogen) atoms. The summed E-state index contributed by atoms with van der Waals surface area (Å²) in [5.41, 5.74) is 2.47. The molecule has 0 aliphatic carbocycles. The van der Waals surface area contributed by atoms with Gasteiger partial charge in [0.05, 0.1) is 11.1 Å². The van der Waals surface area contributed by atoms with Crippen molar-refractivity contribution in [3.63, 3.8) is 0 Å². The number of carbonyl (C=O) groups excluding carboxylic acids is 5. The van der Waals surface area contributed by atoms with E-state index in [9.17, 15) is 24.0 Å². The van der Waals surface area contributed by atoms with Gasteiger partial charge in [0.25, 0.3) is 11.8 Å². The fraction of sp³-hybridized carbons (Fsp3) is 0.312. The molecule has 0 saturated carbocycles. The largest absolute Gasteiger partial charge is 0.380 e. The molecule has 11 nitrogen and oxygen atoms in total. The molecule has 3 aliphatic rings. The summed E-state index contributed by atoms with van der Waals surface area (Å²) < 4.78 is 15.2. The molecule has 3 aromatic rings. The van der Waals surface area contributed by atoms with E-state index in [1.54, 1.807) is 30.5 Å². The molecular weight excluding hydrogens is 567 g/mol. The molecule has 2 fully saturated rings. The molecule has 4 heterocycles. The number of anilines is 2. The predicted molar refractivity (Wildman–Crippen MR) is 159 cm³/mol. The number of nitrogens with one attached hydrogen (secondary N) is 2. The monoisotopic (exact) mass is 598 g/mol. The van der Waals surface area contributed by atoms with Crippen molar-refractivity contribution in [3.05, 3.63) is 88.4 Å². The van der Waals surface area contributed by atoms with Crippen LogP contribution in [0.2, 0.25) is 0 Å². The molecule has 4 amide bonds. The average Bonchev–Trinajstić information content (AvgIpc) is 3.27. The maximum atomic E-state index is 15.2. The average molecular weight is 599 g/mol. The number of hydrogen-bond acceptors (Lipinski definition) is 9. The van der Waals surface area contributed by atoms with Gasteiger partial charge in [0.1, 0.15) is 17.7 Å². The maximum Gasteiger partial charge on any atom is 0.264 e. The second-order valence-electron chi connectivity index (χ2n) is 11.2. The Balaban J connectivity index is 1.06. The van der Waals surface area contributed by atoms with Crippen LogP contribution in [0.15, 0.2) is 54.7 Å². The first-order chi connectivity index (χ1) is 21.2. The van der Waals surface area contributed by atoms with E-state index in [1.807, 2.05) is 12.1 Å². The highest BCUT2D eigenvalue weighted by atomic mass is 19.1. The summed E-state index contributed by atoms with van der Waals surface area (Å²) in [4.78, 5) is 71.5. The number of rotatable bonds is 8. The number of imide groups is 2. The van der Waals surface area contributed by atoms with E-state index in [1.165, 1.54) is 19.1 Å². The zero-order valence-corrected chi connectivity index (χ0v) is 24.1. The Morgan fingerprint density at radius 2 is 1.82 bits per heavy atom. The molecule has 6 rings (SSSR count). The Morgan fingerprint density at radius 1 is 1.02 bits per heavy atom. The van der Waals surface area contributed by atoms with Crippen LogP contribution in [0.1, 0.15) is 62.0 Å². The van der Waals surface area contributed by atoms with Crippen LogP contribution in [0.25, 0.3) is 0 Å². The van der Waals surface area contributed by atoms with Gasteiger partial charge in [-0.15, -0.1) is 0 Å². The molecule has 3 aliphatic heterocycles. The number of ketones is 1. The molecule has 1 atom stereocenters. The van der Waals surface area contributed by atoms with Gasteiger partial charge >= 0.3 is 0 Å². The number of benzene rings is 2. The number of pyridine rings is 1. The topological polar surface area (TPSA) is 132 Å². The van der Waals surface area contributed by atoms with Crippen LogP contribution in [-0.4, -0.2) is 76.4 Å². The Kier molecular flexibility index (Phi) is 7.92. The summed E-state index contributed by atoms with van der Waals surface area (Å²) in [7, 11) is 0. The van der Waals surface area contributed by atoms with Crippen molar-refractivity contribution in [1.29, 1.82) is 0 Å². The number of piperidine rings is 1. The number of hydrogen-bond donors (Lipinski definition) is 2. The van der Waals surface area contributed by atoms with E-state index >= 15 is 4.39 Å².